The SMILES string of the molecule is C[C@]12CCC3C(CC[C@H]4C[C@H](O)CCC34)C1CC[C@@H]2O. The molecule has 0 aromatic carbocycles. The third-order valence-electron chi connectivity index (χ3n) is 7.88. The molecule has 20 heavy (non-hydrogen) atoms. The third kappa shape index (κ3) is 1.83. The van der Waals surface area contributed by atoms with E-state index < -0.39 is 0 Å². The average Bonchev–Trinajstić information content (AvgIpc) is 2.74. The summed E-state index contributed by atoms with van der Waals surface area (Å²) in [6.07, 6.45) is 10.9. The zero-order chi connectivity index (χ0) is 13.9. The van der Waals surface area contributed by atoms with Crippen LogP contribution in [-0.4, -0.2) is 22.4 Å². The molecule has 0 heterocycles. The summed E-state index contributed by atoms with van der Waals surface area (Å²) in [6.45, 7) is 2.36. The first-order valence-electron chi connectivity index (χ1n) is 8.95. The molecule has 0 bridgehead atoms. The molecular weight excluding hydrogens is 248 g/mol. The molecular formula is C18H30O2. The van der Waals surface area contributed by atoms with Crippen molar-refractivity contribution in [2.75, 3.05) is 0 Å². The van der Waals surface area contributed by atoms with Crippen LogP contribution in [-0.2, 0) is 0 Å². The van der Waals surface area contributed by atoms with Crippen molar-refractivity contribution >= 4 is 0 Å². The summed E-state index contributed by atoms with van der Waals surface area (Å²) in [5, 5.41) is 20.3. The highest BCUT2D eigenvalue weighted by molar-refractivity contribution is 5.06. The van der Waals surface area contributed by atoms with Gasteiger partial charge in [0, 0.05) is 0 Å². The first kappa shape index (κ1) is 13.6. The molecule has 4 rings (SSSR count). The molecule has 0 saturated heterocycles. The molecule has 4 aliphatic carbocycles. The summed E-state index contributed by atoms with van der Waals surface area (Å²) in [7, 11) is 0. The van der Waals surface area contributed by atoms with E-state index >= 15 is 0 Å². The number of fused-ring (bicyclic) bond motifs is 5. The Balaban J connectivity index is 1.57. The smallest absolute Gasteiger partial charge is 0.0596 e. The minimum Gasteiger partial charge on any atom is -0.393 e. The van der Waals surface area contributed by atoms with E-state index in [-0.39, 0.29) is 17.6 Å². The molecule has 4 unspecified atom stereocenters. The van der Waals surface area contributed by atoms with Crippen LogP contribution >= 0.6 is 0 Å². The second-order valence-electron chi connectivity index (χ2n) is 8.54. The largest absolute Gasteiger partial charge is 0.393 e. The summed E-state index contributed by atoms with van der Waals surface area (Å²) in [5.41, 5.74) is 0.224. The highest BCUT2D eigenvalue weighted by Gasteiger charge is 2.56. The van der Waals surface area contributed by atoms with Gasteiger partial charge in [0.15, 0.2) is 0 Å². The molecule has 4 aliphatic rings. The van der Waals surface area contributed by atoms with Crippen molar-refractivity contribution in [1.29, 1.82) is 0 Å². The Morgan fingerprint density at radius 1 is 0.800 bits per heavy atom. The molecule has 4 fully saturated rings. The summed E-state index contributed by atoms with van der Waals surface area (Å²) >= 11 is 0. The summed E-state index contributed by atoms with van der Waals surface area (Å²) in [4.78, 5) is 0. The van der Waals surface area contributed by atoms with Crippen LogP contribution in [0.4, 0.5) is 0 Å². The minimum absolute atomic E-state index is 0.0186. The van der Waals surface area contributed by atoms with Crippen LogP contribution in [0.1, 0.15) is 64.7 Å². The molecule has 2 nitrogen and oxygen atoms in total. The maximum absolute atomic E-state index is 10.4. The molecule has 4 saturated carbocycles. The standard InChI is InChI=1S/C18H30O2/c1-18-9-8-14-13-5-3-12(19)10-11(13)2-4-15(14)16(18)6-7-17(18)20/h11-17,19-20H,2-10H2,1H3/t11-,12+,13?,14?,15?,16?,17-,18-/m0/s1. The predicted octanol–water partition coefficient (Wildman–Crippen LogP) is 3.36. The van der Waals surface area contributed by atoms with Crippen molar-refractivity contribution in [1.82, 2.24) is 0 Å². The molecule has 2 heteroatoms. The number of hydrogen-bond donors (Lipinski definition) is 2. The Labute approximate surface area is 123 Å². The van der Waals surface area contributed by atoms with Crippen molar-refractivity contribution < 1.29 is 10.2 Å². The Kier molecular flexibility index (Phi) is 3.20. The second-order valence-corrected chi connectivity index (χ2v) is 8.54. The van der Waals surface area contributed by atoms with Crippen LogP contribution in [0.3, 0.4) is 0 Å². The number of aliphatic hydroxyl groups is 2. The van der Waals surface area contributed by atoms with Gasteiger partial charge in [0.05, 0.1) is 12.2 Å². The minimum atomic E-state index is -0.0423. The van der Waals surface area contributed by atoms with Gasteiger partial charge < -0.3 is 10.2 Å². The van der Waals surface area contributed by atoms with Crippen LogP contribution in [0.2, 0.25) is 0 Å². The average molecular weight is 278 g/mol. The van der Waals surface area contributed by atoms with Crippen molar-refractivity contribution in [3.8, 4) is 0 Å². The van der Waals surface area contributed by atoms with Gasteiger partial charge in [-0.05, 0) is 92.8 Å². The van der Waals surface area contributed by atoms with E-state index in [1.165, 1.54) is 38.5 Å². The van der Waals surface area contributed by atoms with Gasteiger partial charge in [-0.1, -0.05) is 6.92 Å². The molecule has 114 valence electrons. The van der Waals surface area contributed by atoms with Crippen LogP contribution in [0.5, 0.6) is 0 Å². The summed E-state index contributed by atoms with van der Waals surface area (Å²) in [5.74, 6) is 4.26. The summed E-state index contributed by atoms with van der Waals surface area (Å²) < 4.78 is 0. The molecule has 2 N–H and O–H groups in total. The Bertz CT molecular complexity index is 382. The Morgan fingerprint density at radius 2 is 1.60 bits per heavy atom. The van der Waals surface area contributed by atoms with Crippen LogP contribution in [0.15, 0.2) is 0 Å². The van der Waals surface area contributed by atoms with Crippen LogP contribution in [0.25, 0.3) is 0 Å². The van der Waals surface area contributed by atoms with Gasteiger partial charge in [0.1, 0.15) is 0 Å². The normalized spacial score (nSPS) is 58.6. The second kappa shape index (κ2) is 4.71. The van der Waals surface area contributed by atoms with Crippen molar-refractivity contribution in [2.24, 2.45) is 35.0 Å². The van der Waals surface area contributed by atoms with Gasteiger partial charge in [0.25, 0.3) is 0 Å². The molecule has 0 spiro atoms. The van der Waals surface area contributed by atoms with E-state index in [1.54, 1.807) is 0 Å². The highest BCUT2D eigenvalue weighted by Crippen LogP contribution is 2.62. The lowest BCUT2D eigenvalue weighted by atomic mass is 9.50. The van der Waals surface area contributed by atoms with Gasteiger partial charge in [0.2, 0.25) is 0 Å². The fourth-order valence-corrected chi connectivity index (χ4v) is 6.80. The molecule has 8 atom stereocenters. The van der Waals surface area contributed by atoms with Gasteiger partial charge in [-0.15, -0.1) is 0 Å². The van der Waals surface area contributed by atoms with Crippen molar-refractivity contribution in [3.63, 3.8) is 0 Å². The molecule has 0 aromatic rings. The molecule has 0 radical (unpaired) electrons. The lowest BCUT2D eigenvalue weighted by Gasteiger charge is -2.55. The predicted molar refractivity (Wildman–Crippen MR) is 79.1 cm³/mol. The maximum atomic E-state index is 10.4. The van der Waals surface area contributed by atoms with Gasteiger partial charge >= 0.3 is 0 Å². The van der Waals surface area contributed by atoms with Gasteiger partial charge in [-0.3, -0.25) is 0 Å². The maximum Gasteiger partial charge on any atom is 0.0596 e. The third-order valence-corrected chi connectivity index (χ3v) is 7.88. The Morgan fingerprint density at radius 3 is 2.45 bits per heavy atom. The molecule has 0 amide bonds. The van der Waals surface area contributed by atoms with E-state index in [0.29, 0.717) is 0 Å². The van der Waals surface area contributed by atoms with Gasteiger partial charge in [-0.25, -0.2) is 0 Å². The number of rotatable bonds is 0. The topological polar surface area (TPSA) is 40.5 Å². The fraction of sp³-hybridized carbons (Fsp3) is 1.00. The Hall–Kier alpha value is -0.0800. The van der Waals surface area contributed by atoms with Crippen molar-refractivity contribution in [2.45, 2.75) is 76.9 Å². The molecule has 0 aliphatic heterocycles. The first-order chi connectivity index (χ1) is 9.59. The quantitative estimate of drug-likeness (QED) is 0.713. The first-order valence-corrected chi connectivity index (χ1v) is 8.95. The zero-order valence-electron chi connectivity index (χ0n) is 12.8. The van der Waals surface area contributed by atoms with E-state index in [0.717, 1.165) is 48.9 Å². The molecule has 0 aromatic heterocycles. The van der Waals surface area contributed by atoms with E-state index in [9.17, 15) is 10.2 Å². The number of aliphatic hydroxyl groups excluding tert-OH is 2. The van der Waals surface area contributed by atoms with E-state index in [1.807, 2.05) is 0 Å². The number of hydrogen-bond acceptors (Lipinski definition) is 2. The lowest BCUT2D eigenvalue weighted by molar-refractivity contribution is -0.0913. The summed E-state index contributed by atoms with van der Waals surface area (Å²) in [6, 6.07) is 0. The fourth-order valence-electron chi connectivity index (χ4n) is 6.80. The van der Waals surface area contributed by atoms with Crippen molar-refractivity contribution in [3.05, 3.63) is 0 Å². The van der Waals surface area contributed by atoms with E-state index in [2.05, 4.69) is 6.92 Å². The van der Waals surface area contributed by atoms with Gasteiger partial charge in [-0.2, -0.15) is 0 Å². The highest BCUT2D eigenvalue weighted by atomic mass is 16.3. The van der Waals surface area contributed by atoms with Crippen LogP contribution in [0, 0.1) is 35.0 Å². The van der Waals surface area contributed by atoms with Crippen LogP contribution < -0.4 is 0 Å². The van der Waals surface area contributed by atoms with E-state index in [4.69, 9.17) is 0 Å². The monoisotopic (exact) mass is 278 g/mol. The lowest BCUT2D eigenvalue weighted by Crippen LogP contribution is -2.49. The zero-order valence-corrected chi connectivity index (χ0v) is 12.8.